The quantitative estimate of drug-likeness (QED) is 0.318. The second-order valence-corrected chi connectivity index (χ2v) is 7.81. The van der Waals surface area contributed by atoms with E-state index in [0.717, 1.165) is 4.47 Å². The highest BCUT2D eigenvalue weighted by atomic mass is 79.9. The van der Waals surface area contributed by atoms with Gasteiger partial charge in [0.05, 0.1) is 10.7 Å². The van der Waals surface area contributed by atoms with Crippen LogP contribution in [0, 0.1) is 0 Å². The molecule has 1 aromatic heterocycles. The fourth-order valence-corrected chi connectivity index (χ4v) is 3.60. The van der Waals surface area contributed by atoms with Gasteiger partial charge >= 0.3 is 0 Å². The lowest BCUT2D eigenvalue weighted by Crippen LogP contribution is -2.14. The zero-order valence-electron chi connectivity index (χ0n) is 15.6. The summed E-state index contributed by atoms with van der Waals surface area (Å²) in [6.07, 6.45) is 0. The van der Waals surface area contributed by atoms with Crippen LogP contribution >= 0.6 is 27.5 Å². The largest absolute Gasteiger partial charge is 0.451 e. The Kier molecular flexibility index (Phi) is 5.84. The molecular weight excluding hydrogens is 466 g/mol. The number of anilines is 1. The van der Waals surface area contributed by atoms with E-state index in [9.17, 15) is 9.59 Å². The summed E-state index contributed by atoms with van der Waals surface area (Å²) in [5, 5.41) is 3.31. The maximum Gasteiger partial charge on any atom is 0.291 e. The van der Waals surface area contributed by atoms with Crippen LogP contribution in [-0.4, -0.2) is 11.7 Å². The zero-order valence-corrected chi connectivity index (χ0v) is 17.9. The standard InChI is InChI=1S/C24H15BrClNO3/c25-16-10-11-20(18(14-16)23(28)15-6-2-1-3-7-15)27-24(29)22-13-12-21(30-22)17-8-4-5-9-19(17)26/h1-14H,(H,27,29). The third-order valence-corrected chi connectivity index (χ3v) is 5.30. The highest BCUT2D eigenvalue weighted by Gasteiger charge is 2.19. The average Bonchev–Trinajstić information content (AvgIpc) is 3.25. The van der Waals surface area contributed by atoms with Gasteiger partial charge in [0.25, 0.3) is 5.91 Å². The van der Waals surface area contributed by atoms with Crippen LogP contribution in [0.4, 0.5) is 5.69 Å². The Bertz CT molecular complexity index is 1230. The number of ketones is 1. The van der Waals surface area contributed by atoms with Crippen LogP contribution in [0.2, 0.25) is 5.02 Å². The molecule has 4 rings (SSSR count). The first-order valence-electron chi connectivity index (χ1n) is 9.08. The third kappa shape index (κ3) is 4.22. The van der Waals surface area contributed by atoms with E-state index >= 15 is 0 Å². The number of carbonyl (C=O) groups excluding carboxylic acids is 2. The van der Waals surface area contributed by atoms with Crippen LogP contribution in [0.5, 0.6) is 0 Å². The van der Waals surface area contributed by atoms with E-state index in [1.807, 2.05) is 24.3 Å². The molecule has 0 atom stereocenters. The van der Waals surface area contributed by atoms with E-state index in [4.69, 9.17) is 16.0 Å². The van der Waals surface area contributed by atoms with Gasteiger partial charge in [0.2, 0.25) is 0 Å². The molecular formula is C24H15BrClNO3. The van der Waals surface area contributed by atoms with Gasteiger partial charge < -0.3 is 9.73 Å². The predicted octanol–water partition coefficient (Wildman–Crippen LogP) is 6.85. The molecule has 6 heteroatoms. The number of hydrogen-bond acceptors (Lipinski definition) is 3. The first-order valence-corrected chi connectivity index (χ1v) is 10.3. The van der Waals surface area contributed by atoms with Crippen LogP contribution in [0.25, 0.3) is 11.3 Å². The van der Waals surface area contributed by atoms with E-state index < -0.39 is 5.91 Å². The van der Waals surface area contributed by atoms with Crippen molar-refractivity contribution in [2.45, 2.75) is 0 Å². The summed E-state index contributed by atoms with van der Waals surface area (Å²) in [6, 6.07) is 24.5. The van der Waals surface area contributed by atoms with Gasteiger partial charge in [-0.05, 0) is 42.5 Å². The van der Waals surface area contributed by atoms with E-state index in [-0.39, 0.29) is 11.5 Å². The summed E-state index contributed by atoms with van der Waals surface area (Å²) in [5.74, 6) is -0.0470. The number of halogens is 2. The van der Waals surface area contributed by atoms with Gasteiger partial charge in [-0.25, -0.2) is 0 Å². The van der Waals surface area contributed by atoms with Gasteiger partial charge in [0.15, 0.2) is 11.5 Å². The second-order valence-electron chi connectivity index (χ2n) is 6.48. The number of carbonyl (C=O) groups is 2. The lowest BCUT2D eigenvalue weighted by molar-refractivity contribution is 0.0997. The first kappa shape index (κ1) is 20.1. The molecule has 0 aliphatic carbocycles. The van der Waals surface area contributed by atoms with Crippen LogP contribution in [0.15, 0.2) is 93.8 Å². The normalized spacial score (nSPS) is 10.6. The van der Waals surface area contributed by atoms with Gasteiger partial charge in [0, 0.05) is 21.2 Å². The minimum absolute atomic E-state index is 0.117. The van der Waals surface area contributed by atoms with Gasteiger partial charge in [0.1, 0.15) is 5.76 Å². The van der Waals surface area contributed by atoms with E-state index in [0.29, 0.717) is 33.2 Å². The predicted molar refractivity (Wildman–Crippen MR) is 121 cm³/mol. The molecule has 0 saturated carbocycles. The van der Waals surface area contributed by atoms with Crippen LogP contribution in [-0.2, 0) is 0 Å². The van der Waals surface area contributed by atoms with Crippen LogP contribution in [0.3, 0.4) is 0 Å². The van der Waals surface area contributed by atoms with Crippen molar-refractivity contribution in [3.05, 3.63) is 111 Å². The molecule has 0 aliphatic heterocycles. The van der Waals surface area contributed by atoms with E-state index in [1.165, 1.54) is 0 Å². The Balaban J connectivity index is 1.62. The molecule has 3 aromatic carbocycles. The molecule has 1 amide bonds. The number of furan rings is 1. The highest BCUT2D eigenvalue weighted by Crippen LogP contribution is 2.30. The smallest absolute Gasteiger partial charge is 0.291 e. The van der Waals surface area contributed by atoms with Gasteiger partial charge in [-0.15, -0.1) is 0 Å². The Hall–Kier alpha value is -3.15. The van der Waals surface area contributed by atoms with Crippen molar-refractivity contribution in [2.24, 2.45) is 0 Å². The molecule has 0 spiro atoms. The summed E-state index contributed by atoms with van der Waals surface area (Å²) in [7, 11) is 0. The minimum Gasteiger partial charge on any atom is -0.451 e. The van der Waals surface area contributed by atoms with Crippen molar-refractivity contribution in [3.8, 4) is 11.3 Å². The maximum absolute atomic E-state index is 13.0. The molecule has 1 heterocycles. The molecule has 0 aliphatic rings. The van der Waals surface area contributed by atoms with Crippen molar-refractivity contribution in [1.29, 1.82) is 0 Å². The lowest BCUT2D eigenvalue weighted by atomic mass is 10.0. The lowest BCUT2D eigenvalue weighted by Gasteiger charge is -2.10. The molecule has 0 bridgehead atoms. The Morgan fingerprint density at radius 3 is 2.37 bits per heavy atom. The Morgan fingerprint density at radius 2 is 1.60 bits per heavy atom. The number of nitrogens with one attached hydrogen (secondary N) is 1. The highest BCUT2D eigenvalue weighted by molar-refractivity contribution is 9.10. The Labute approximate surface area is 186 Å². The number of hydrogen-bond donors (Lipinski definition) is 1. The zero-order chi connectivity index (χ0) is 21.1. The molecule has 30 heavy (non-hydrogen) atoms. The molecule has 148 valence electrons. The molecule has 4 aromatic rings. The summed E-state index contributed by atoms with van der Waals surface area (Å²) in [5.41, 5.74) is 2.00. The molecule has 0 saturated heterocycles. The van der Waals surface area contributed by atoms with Crippen molar-refractivity contribution in [3.63, 3.8) is 0 Å². The van der Waals surface area contributed by atoms with Crippen molar-refractivity contribution >= 4 is 44.9 Å². The Morgan fingerprint density at radius 1 is 0.867 bits per heavy atom. The first-order chi connectivity index (χ1) is 14.5. The maximum atomic E-state index is 13.0. The number of amides is 1. The monoisotopic (exact) mass is 479 g/mol. The SMILES string of the molecule is O=C(Nc1ccc(Br)cc1C(=O)c1ccccc1)c1ccc(-c2ccccc2Cl)o1. The molecule has 0 fully saturated rings. The summed E-state index contributed by atoms with van der Waals surface area (Å²) in [6.45, 7) is 0. The van der Waals surface area contributed by atoms with Gasteiger partial charge in [-0.3, -0.25) is 9.59 Å². The van der Waals surface area contributed by atoms with Gasteiger partial charge in [-0.1, -0.05) is 70.0 Å². The van der Waals surface area contributed by atoms with Crippen molar-refractivity contribution in [2.75, 3.05) is 5.32 Å². The third-order valence-electron chi connectivity index (χ3n) is 4.48. The van der Waals surface area contributed by atoms with Crippen LogP contribution in [0.1, 0.15) is 26.5 Å². The fraction of sp³-hybridized carbons (Fsp3) is 0. The topological polar surface area (TPSA) is 59.3 Å². The average molecular weight is 481 g/mol. The molecule has 1 N–H and O–H groups in total. The van der Waals surface area contributed by atoms with Gasteiger partial charge in [-0.2, -0.15) is 0 Å². The minimum atomic E-state index is -0.460. The molecule has 0 unspecified atom stereocenters. The summed E-state index contributed by atoms with van der Waals surface area (Å²) in [4.78, 5) is 25.7. The van der Waals surface area contributed by atoms with Crippen LogP contribution < -0.4 is 5.32 Å². The summed E-state index contributed by atoms with van der Waals surface area (Å²) < 4.78 is 6.44. The summed E-state index contributed by atoms with van der Waals surface area (Å²) >= 11 is 9.59. The second kappa shape index (κ2) is 8.69. The van der Waals surface area contributed by atoms with E-state index in [2.05, 4.69) is 21.2 Å². The molecule has 4 nitrogen and oxygen atoms in total. The van der Waals surface area contributed by atoms with Crippen molar-refractivity contribution < 1.29 is 14.0 Å². The number of rotatable bonds is 5. The molecule has 0 radical (unpaired) electrons. The fourth-order valence-electron chi connectivity index (χ4n) is 3.01. The number of benzene rings is 3. The van der Waals surface area contributed by atoms with E-state index in [1.54, 1.807) is 60.7 Å². The van der Waals surface area contributed by atoms with Crippen molar-refractivity contribution in [1.82, 2.24) is 0 Å².